The maximum absolute atomic E-state index is 12.4. The van der Waals surface area contributed by atoms with Crippen LogP contribution in [0.3, 0.4) is 0 Å². The summed E-state index contributed by atoms with van der Waals surface area (Å²) in [6.45, 7) is 4.56. The highest BCUT2D eigenvalue weighted by Crippen LogP contribution is 2.22. The van der Waals surface area contributed by atoms with Crippen LogP contribution in [0.1, 0.15) is 22.8 Å². The Morgan fingerprint density at radius 3 is 2.44 bits per heavy atom. The van der Waals surface area contributed by atoms with Crippen LogP contribution >= 0.6 is 11.3 Å². The molecule has 0 bridgehead atoms. The minimum atomic E-state index is 0.0426. The Morgan fingerprint density at radius 2 is 1.94 bits per heavy atom. The predicted molar refractivity (Wildman–Crippen MR) is 77.3 cm³/mol. The van der Waals surface area contributed by atoms with Gasteiger partial charge in [-0.15, -0.1) is 0 Å². The van der Waals surface area contributed by atoms with E-state index >= 15 is 0 Å². The van der Waals surface area contributed by atoms with E-state index < -0.39 is 0 Å². The molecular weight excluding hydrogens is 244 g/mol. The van der Waals surface area contributed by atoms with Crippen molar-refractivity contribution in [3.05, 3.63) is 46.2 Å². The maximum Gasteiger partial charge on any atom is 0.259 e. The number of carbonyl (C=O) groups excluding carboxylic acids is 1. The molecule has 0 radical (unpaired) electrons. The maximum atomic E-state index is 12.4. The third-order valence-electron chi connectivity index (χ3n) is 2.85. The van der Waals surface area contributed by atoms with Gasteiger partial charge in [0.05, 0.1) is 5.56 Å². The molecule has 2 aromatic rings. The smallest absolute Gasteiger partial charge is 0.259 e. The molecule has 2 rings (SSSR count). The lowest BCUT2D eigenvalue weighted by Gasteiger charge is -2.21. The molecule has 0 aliphatic rings. The number of benzene rings is 1. The van der Waals surface area contributed by atoms with Gasteiger partial charge in [-0.1, -0.05) is 0 Å². The molecular formula is C14H16N2OS. The molecule has 1 aromatic heterocycles. The zero-order chi connectivity index (χ0) is 13.1. The molecule has 1 amide bonds. The fourth-order valence-electron chi connectivity index (χ4n) is 1.82. The minimum Gasteiger partial charge on any atom is -0.399 e. The minimum absolute atomic E-state index is 0.0426. The summed E-state index contributed by atoms with van der Waals surface area (Å²) >= 11 is 1.55. The van der Waals surface area contributed by atoms with Gasteiger partial charge in [-0.25, -0.2) is 0 Å². The molecule has 1 aromatic carbocycles. The van der Waals surface area contributed by atoms with Crippen LogP contribution in [0.15, 0.2) is 35.0 Å². The first kappa shape index (κ1) is 12.6. The molecule has 2 N–H and O–H groups in total. The summed E-state index contributed by atoms with van der Waals surface area (Å²) in [4.78, 5) is 14.2. The highest BCUT2D eigenvalue weighted by Gasteiger charge is 2.18. The third kappa shape index (κ3) is 2.38. The van der Waals surface area contributed by atoms with Crippen molar-refractivity contribution in [2.24, 2.45) is 0 Å². The second-order valence-corrected chi connectivity index (χ2v) is 4.85. The number of amides is 1. The number of nitrogen functional groups attached to an aromatic ring is 1. The highest BCUT2D eigenvalue weighted by molar-refractivity contribution is 7.08. The van der Waals surface area contributed by atoms with Crippen LogP contribution in [0.4, 0.5) is 11.4 Å². The SMILES string of the molecule is CCN(C(=O)c1cscc1C)c1ccc(N)cc1. The van der Waals surface area contributed by atoms with Gasteiger partial charge in [0.25, 0.3) is 5.91 Å². The molecule has 4 heteroatoms. The second kappa shape index (κ2) is 5.23. The van der Waals surface area contributed by atoms with Gasteiger partial charge in [-0.3, -0.25) is 4.79 Å². The molecule has 1 heterocycles. The van der Waals surface area contributed by atoms with Crippen molar-refractivity contribution in [2.45, 2.75) is 13.8 Å². The first-order valence-electron chi connectivity index (χ1n) is 5.83. The van der Waals surface area contributed by atoms with Crippen LogP contribution in [0.5, 0.6) is 0 Å². The van der Waals surface area contributed by atoms with Gasteiger partial charge in [0.15, 0.2) is 0 Å². The average molecular weight is 260 g/mol. The number of hydrogen-bond acceptors (Lipinski definition) is 3. The van der Waals surface area contributed by atoms with Gasteiger partial charge >= 0.3 is 0 Å². The van der Waals surface area contributed by atoms with E-state index in [0.29, 0.717) is 12.2 Å². The summed E-state index contributed by atoms with van der Waals surface area (Å²) in [7, 11) is 0. The van der Waals surface area contributed by atoms with Crippen molar-refractivity contribution < 1.29 is 4.79 Å². The molecule has 3 nitrogen and oxygen atoms in total. The van der Waals surface area contributed by atoms with Gasteiger partial charge < -0.3 is 10.6 Å². The molecule has 18 heavy (non-hydrogen) atoms. The summed E-state index contributed by atoms with van der Waals surface area (Å²) in [5, 5.41) is 3.89. The Kier molecular flexibility index (Phi) is 3.67. The zero-order valence-corrected chi connectivity index (χ0v) is 11.3. The van der Waals surface area contributed by atoms with Crippen LogP contribution < -0.4 is 10.6 Å². The van der Waals surface area contributed by atoms with Gasteiger partial charge in [0, 0.05) is 23.3 Å². The van der Waals surface area contributed by atoms with Crippen molar-refractivity contribution in [2.75, 3.05) is 17.2 Å². The number of carbonyl (C=O) groups is 1. The molecule has 0 fully saturated rings. The highest BCUT2D eigenvalue weighted by atomic mass is 32.1. The lowest BCUT2D eigenvalue weighted by Crippen LogP contribution is -2.30. The number of thiophene rings is 1. The van der Waals surface area contributed by atoms with Gasteiger partial charge in [0.1, 0.15) is 0 Å². The molecule has 0 aliphatic carbocycles. The molecule has 0 spiro atoms. The summed E-state index contributed by atoms with van der Waals surface area (Å²) in [6, 6.07) is 7.37. The number of aryl methyl sites for hydroxylation is 1. The normalized spacial score (nSPS) is 10.3. The number of hydrogen-bond donors (Lipinski definition) is 1. The Hall–Kier alpha value is -1.81. The van der Waals surface area contributed by atoms with E-state index in [9.17, 15) is 4.79 Å². The topological polar surface area (TPSA) is 46.3 Å². The largest absolute Gasteiger partial charge is 0.399 e. The second-order valence-electron chi connectivity index (χ2n) is 4.11. The van der Waals surface area contributed by atoms with E-state index in [4.69, 9.17) is 5.73 Å². The quantitative estimate of drug-likeness (QED) is 0.861. The van der Waals surface area contributed by atoms with Crippen molar-refractivity contribution in [3.63, 3.8) is 0 Å². The summed E-state index contributed by atoms with van der Waals surface area (Å²) in [5.74, 6) is 0.0426. The molecule has 94 valence electrons. The fraction of sp³-hybridized carbons (Fsp3) is 0.214. The van der Waals surface area contributed by atoms with Crippen molar-refractivity contribution in [1.82, 2.24) is 0 Å². The number of nitrogens with two attached hydrogens (primary N) is 1. The van der Waals surface area contributed by atoms with E-state index in [0.717, 1.165) is 16.8 Å². The van der Waals surface area contributed by atoms with Crippen LogP contribution in [-0.2, 0) is 0 Å². The van der Waals surface area contributed by atoms with Crippen LogP contribution in [-0.4, -0.2) is 12.5 Å². The molecule has 0 saturated carbocycles. The van der Waals surface area contributed by atoms with Gasteiger partial charge in [-0.05, 0) is 49.1 Å². The molecule has 0 unspecified atom stereocenters. The number of nitrogens with zero attached hydrogens (tertiary/aromatic N) is 1. The number of anilines is 2. The van der Waals surface area contributed by atoms with E-state index in [1.165, 1.54) is 0 Å². The summed E-state index contributed by atoms with van der Waals surface area (Å²) in [5.41, 5.74) is 9.04. The summed E-state index contributed by atoms with van der Waals surface area (Å²) in [6.07, 6.45) is 0. The first-order valence-corrected chi connectivity index (χ1v) is 6.78. The van der Waals surface area contributed by atoms with Crippen molar-refractivity contribution in [1.29, 1.82) is 0 Å². The van der Waals surface area contributed by atoms with Crippen LogP contribution in [0.2, 0.25) is 0 Å². The Labute approximate surface area is 111 Å². The molecule has 0 aliphatic heterocycles. The molecule has 0 atom stereocenters. The van der Waals surface area contributed by atoms with E-state index in [2.05, 4.69) is 0 Å². The standard InChI is InChI=1S/C14H16N2OS/c1-3-16(12-6-4-11(15)5-7-12)14(17)13-9-18-8-10(13)2/h4-9H,3,15H2,1-2H3. The average Bonchev–Trinajstić information content (AvgIpc) is 2.78. The van der Waals surface area contributed by atoms with Crippen LogP contribution in [0, 0.1) is 6.92 Å². The zero-order valence-electron chi connectivity index (χ0n) is 10.5. The van der Waals surface area contributed by atoms with Gasteiger partial charge in [0.2, 0.25) is 0 Å². The lowest BCUT2D eigenvalue weighted by molar-refractivity contribution is 0.0988. The lowest BCUT2D eigenvalue weighted by atomic mass is 10.1. The van der Waals surface area contributed by atoms with Crippen molar-refractivity contribution >= 4 is 28.6 Å². The molecule has 0 saturated heterocycles. The monoisotopic (exact) mass is 260 g/mol. The Morgan fingerprint density at radius 1 is 1.28 bits per heavy atom. The fourth-order valence-corrected chi connectivity index (χ4v) is 2.64. The summed E-state index contributed by atoms with van der Waals surface area (Å²) < 4.78 is 0. The van der Waals surface area contributed by atoms with Gasteiger partial charge in [-0.2, -0.15) is 11.3 Å². The Balaban J connectivity index is 2.32. The van der Waals surface area contributed by atoms with Crippen LogP contribution in [0.25, 0.3) is 0 Å². The Bertz CT molecular complexity index is 545. The number of rotatable bonds is 3. The van der Waals surface area contributed by atoms with E-state index in [1.807, 2.05) is 48.9 Å². The first-order chi connectivity index (χ1) is 8.63. The van der Waals surface area contributed by atoms with E-state index in [1.54, 1.807) is 16.2 Å². The van der Waals surface area contributed by atoms with Crippen molar-refractivity contribution in [3.8, 4) is 0 Å². The third-order valence-corrected chi connectivity index (χ3v) is 3.71. The van der Waals surface area contributed by atoms with E-state index in [-0.39, 0.29) is 5.91 Å². The predicted octanol–water partition coefficient (Wildman–Crippen LogP) is 3.31.